The summed E-state index contributed by atoms with van der Waals surface area (Å²) in [6, 6.07) is 3.19. The van der Waals surface area contributed by atoms with Crippen LogP contribution in [-0.4, -0.2) is 49.8 Å². The first-order valence-electron chi connectivity index (χ1n) is 6.31. The Hall–Kier alpha value is -1.02. The van der Waals surface area contributed by atoms with E-state index in [4.69, 9.17) is 9.47 Å². The second-order valence-corrected chi connectivity index (χ2v) is 6.64. The van der Waals surface area contributed by atoms with Crippen LogP contribution in [0.15, 0.2) is 29.4 Å². The minimum Gasteiger partial charge on any atom is -0.347 e. The summed E-state index contributed by atoms with van der Waals surface area (Å²) in [5.41, 5.74) is 0. The summed E-state index contributed by atoms with van der Waals surface area (Å²) < 4.78 is 37.4. The molecule has 3 heterocycles. The van der Waals surface area contributed by atoms with Crippen LogP contribution < -0.4 is 0 Å². The molecule has 0 unspecified atom stereocenters. The van der Waals surface area contributed by atoms with Crippen molar-refractivity contribution in [3.63, 3.8) is 0 Å². The Labute approximate surface area is 112 Å². The first-order valence-corrected chi connectivity index (χ1v) is 7.75. The van der Waals surface area contributed by atoms with E-state index in [0.29, 0.717) is 39.1 Å². The van der Waals surface area contributed by atoms with Gasteiger partial charge in [-0.15, -0.1) is 0 Å². The zero-order valence-electron chi connectivity index (χ0n) is 10.5. The van der Waals surface area contributed by atoms with Crippen LogP contribution in [0.1, 0.15) is 12.8 Å². The van der Waals surface area contributed by atoms with Crippen molar-refractivity contribution in [2.24, 2.45) is 0 Å². The molecule has 0 aromatic carbocycles. The zero-order chi connectivity index (χ0) is 13.3. The molecule has 104 valence electrons. The van der Waals surface area contributed by atoms with Crippen molar-refractivity contribution in [3.05, 3.63) is 24.5 Å². The summed E-state index contributed by atoms with van der Waals surface area (Å²) in [7, 11) is -3.45. The highest BCUT2D eigenvalue weighted by molar-refractivity contribution is 7.89. The maximum Gasteiger partial charge on any atom is 0.244 e. The highest BCUT2D eigenvalue weighted by Gasteiger charge is 2.42. The lowest BCUT2D eigenvalue weighted by Crippen LogP contribution is -2.47. The number of sulfonamides is 1. The van der Waals surface area contributed by atoms with Crippen molar-refractivity contribution in [2.45, 2.75) is 23.5 Å². The topological polar surface area (TPSA) is 68.7 Å². The third kappa shape index (κ3) is 2.38. The van der Waals surface area contributed by atoms with Crippen LogP contribution >= 0.6 is 0 Å². The molecule has 1 aromatic rings. The molecule has 0 saturated carbocycles. The second kappa shape index (κ2) is 4.82. The minimum atomic E-state index is -3.45. The Morgan fingerprint density at radius 3 is 2.47 bits per heavy atom. The molecule has 2 fully saturated rings. The first kappa shape index (κ1) is 13.0. The summed E-state index contributed by atoms with van der Waals surface area (Å²) in [6.07, 6.45) is 4.09. The molecule has 0 N–H and O–H groups in total. The van der Waals surface area contributed by atoms with Gasteiger partial charge in [-0.2, -0.15) is 4.31 Å². The van der Waals surface area contributed by atoms with Crippen LogP contribution in [0.25, 0.3) is 0 Å². The van der Waals surface area contributed by atoms with Crippen LogP contribution in [0.3, 0.4) is 0 Å². The molecule has 6 nitrogen and oxygen atoms in total. The molecule has 0 atom stereocenters. The Balaban J connectivity index is 1.74. The van der Waals surface area contributed by atoms with E-state index in [1.54, 1.807) is 18.3 Å². The molecule has 0 bridgehead atoms. The van der Waals surface area contributed by atoms with Gasteiger partial charge in [0.2, 0.25) is 10.0 Å². The maximum atomic E-state index is 12.4. The molecular formula is C12H16N2O4S. The molecular weight excluding hydrogens is 268 g/mol. The van der Waals surface area contributed by atoms with Gasteiger partial charge in [0.05, 0.1) is 13.2 Å². The molecule has 19 heavy (non-hydrogen) atoms. The first-order chi connectivity index (χ1) is 9.12. The highest BCUT2D eigenvalue weighted by atomic mass is 32.2. The Bertz CT molecular complexity index is 530. The van der Waals surface area contributed by atoms with Gasteiger partial charge in [-0.25, -0.2) is 8.42 Å². The van der Waals surface area contributed by atoms with Gasteiger partial charge in [0.1, 0.15) is 4.90 Å². The van der Waals surface area contributed by atoms with E-state index in [-0.39, 0.29) is 4.90 Å². The van der Waals surface area contributed by atoms with Gasteiger partial charge < -0.3 is 9.47 Å². The average molecular weight is 284 g/mol. The predicted molar refractivity (Wildman–Crippen MR) is 66.9 cm³/mol. The number of piperidine rings is 1. The van der Waals surface area contributed by atoms with E-state index in [2.05, 4.69) is 4.98 Å². The van der Waals surface area contributed by atoms with Gasteiger partial charge in [-0.05, 0) is 12.1 Å². The lowest BCUT2D eigenvalue weighted by molar-refractivity contribution is -0.179. The van der Waals surface area contributed by atoms with E-state index < -0.39 is 15.8 Å². The summed E-state index contributed by atoms with van der Waals surface area (Å²) in [5, 5.41) is 0. The fourth-order valence-corrected chi connectivity index (χ4v) is 3.91. The van der Waals surface area contributed by atoms with E-state index in [1.165, 1.54) is 10.5 Å². The summed E-state index contributed by atoms with van der Waals surface area (Å²) in [4.78, 5) is 4.10. The number of pyridine rings is 1. The van der Waals surface area contributed by atoms with Crippen LogP contribution in [0.2, 0.25) is 0 Å². The molecule has 1 spiro atoms. The van der Waals surface area contributed by atoms with Crippen molar-refractivity contribution in [1.29, 1.82) is 0 Å². The smallest absolute Gasteiger partial charge is 0.244 e. The Morgan fingerprint density at radius 2 is 1.89 bits per heavy atom. The van der Waals surface area contributed by atoms with Gasteiger partial charge in [-0.1, -0.05) is 0 Å². The summed E-state index contributed by atoms with van der Waals surface area (Å²) in [5.74, 6) is -0.555. The highest BCUT2D eigenvalue weighted by Crippen LogP contribution is 2.33. The number of ether oxygens (including phenoxy) is 2. The molecule has 0 radical (unpaired) electrons. The van der Waals surface area contributed by atoms with Crippen molar-refractivity contribution in [1.82, 2.24) is 9.29 Å². The predicted octanol–water partition coefficient (Wildman–Crippen LogP) is 0.609. The molecule has 0 aliphatic carbocycles. The number of aromatic nitrogens is 1. The largest absolute Gasteiger partial charge is 0.347 e. The van der Waals surface area contributed by atoms with Gasteiger partial charge in [0, 0.05) is 38.3 Å². The van der Waals surface area contributed by atoms with Gasteiger partial charge in [-0.3, -0.25) is 4.98 Å². The Kier molecular flexibility index (Phi) is 3.30. The third-order valence-corrected chi connectivity index (χ3v) is 5.45. The van der Waals surface area contributed by atoms with Gasteiger partial charge in [0.25, 0.3) is 0 Å². The maximum absolute atomic E-state index is 12.4. The zero-order valence-corrected chi connectivity index (χ0v) is 11.3. The summed E-state index contributed by atoms with van der Waals surface area (Å²) in [6.45, 7) is 2.01. The molecule has 2 aliphatic heterocycles. The van der Waals surface area contributed by atoms with Crippen LogP contribution in [0.5, 0.6) is 0 Å². The molecule has 7 heteroatoms. The molecule has 2 aliphatic rings. The molecule has 0 amide bonds. The van der Waals surface area contributed by atoms with Crippen LogP contribution in [0, 0.1) is 0 Å². The van der Waals surface area contributed by atoms with E-state index in [1.807, 2.05) is 0 Å². The lowest BCUT2D eigenvalue weighted by Gasteiger charge is -2.36. The van der Waals surface area contributed by atoms with E-state index >= 15 is 0 Å². The molecule has 3 rings (SSSR count). The van der Waals surface area contributed by atoms with E-state index in [0.717, 1.165) is 0 Å². The Morgan fingerprint density at radius 1 is 1.21 bits per heavy atom. The molecule has 1 aromatic heterocycles. The SMILES string of the molecule is O=S(=O)(c1cccnc1)N1CCC2(CC1)OCCO2. The number of hydrogen-bond acceptors (Lipinski definition) is 5. The number of hydrogen-bond donors (Lipinski definition) is 0. The lowest BCUT2D eigenvalue weighted by atomic mass is 10.1. The van der Waals surface area contributed by atoms with Crippen LogP contribution in [0.4, 0.5) is 0 Å². The van der Waals surface area contributed by atoms with Crippen molar-refractivity contribution >= 4 is 10.0 Å². The normalized spacial score (nSPS) is 23.8. The number of rotatable bonds is 2. The van der Waals surface area contributed by atoms with Crippen LogP contribution in [-0.2, 0) is 19.5 Å². The standard InChI is InChI=1S/C12H16N2O4S/c15-19(16,11-2-1-5-13-10-11)14-6-3-12(4-7-14)17-8-9-18-12/h1-2,5,10H,3-4,6-9H2. The van der Waals surface area contributed by atoms with E-state index in [9.17, 15) is 8.42 Å². The quantitative estimate of drug-likeness (QED) is 0.796. The summed E-state index contributed by atoms with van der Waals surface area (Å²) >= 11 is 0. The van der Waals surface area contributed by atoms with Crippen molar-refractivity contribution in [2.75, 3.05) is 26.3 Å². The van der Waals surface area contributed by atoms with Crippen molar-refractivity contribution in [3.8, 4) is 0 Å². The fraction of sp³-hybridized carbons (Fsp3) is 0.583. The minimum absolute atomic E-state index is 0.235. The fourth-order valence-electron chi connectivity index (χ4n) is 2.50. The van der Waals surface area contributed by atoms with Crippen molar-refractivity contribution < 1.29 is 17.9 Å². The monoisotopic (exact) mass is 284 g/mol. The van der Waals surface area contributed by atoms with Gasteiger partial charge >= 0.3 is 0 Å². The third-order valence-electron chi connectivity index (χ3n) is 3.57. The number of nitrogens with zero attached hydrogens (tertiary/aromatic N) is 2. The molecule has 2 saturated heterocycles. The average Bonchev–Trinajstić information content (AvgIpc) is 2.89. The second-order valence-electron chi connectivity index (χ2n) is 4.70. The van der Waals surface area contributed by atoms with Gasteiger partial charge in [0.15, 0.2) is 5.79 Å².